The van der Waals surface area contributed by atoms with Crippen molar-refractivity contribution in [3.8, 4) is 17.2 Å². The zero-order valence-corrected chi connectivity index (χ0v) is 12.9. The third-order valence-corrected chi connectivity index (χ3v) is 4.04. The number of carbonyl (C=O) groups is 1. The van der Waals surface area contributed by atoms with E-state index in [-0.39, 0.29) is 19.3 Å². The van der Waals surface area contributed by atoms with E-state index < -0.39 is 6.10 Å². The number of nitrogens with one attached hydrogen (secondary N) is 1. The van der Waals surface area contributed by atoms with Gasteiger partial charge in [0.15, 0.2) is 17.2 Å². The van der Waals surface area contributed by atoms with Crippen molar-refractivity contribution in [1.82, 2.24) is 15.1 Å². The van der Waals surface area contributed by atoms with Crippen LogP contribution in [0, 0.1) is 0 Å². The number of H-pyrrole nitrogens is 1. The molecule has 1 aromatic carbocycles. The number of aliphatic hydroxyl groups excluding tert-OH is 1. The zero-order valence-electron chi connectivity index (χ0n) is 12.9. The average Bonchev–Trinajstić information content (AvgIpc) is 3.32. The van der Waals surface area contributed by atoms with Crippen molar-refractivity contribution in [1.29, 1.82) is 0 Å². The molecule has 2 N–H and O–H groups in total. The van der Waals surface area contributed by atoms with Crippen molar-refractivity contribution in [2.75, 3.05) is 19.9 Å². The zero-order chi connectivity index (χ0) is 16.5. The Balaban J connectivity index is 1.38. The van der Waals surface area contributed by atoms with E-state index in [4.69, 9.17) is 14.2 Å². The predicted molar refractivity (Wildman–Crippen MR) is 82.0 cm³/mol. The van der Waals surface area contributed by atoms with Crippen LogP contribution in [0.15, 0.2) is 24.3 Å². The van der Waals surface area contributed by atoms with Gasteiger partial charge in [0.2, 0.25) is 6.79 Å². The molecular weight excluding hydrogens is 314 g/mol. The van der Waals surface area contributed by atoms with Crippen LogP contribution in [-0.2, 0) is 6.61 Å². The van der Waals surface area contributed by atoms with Gasteiger partial charge in [0.1, 0.15) is 12.4 Å². The van der Waals surface area contributed by atoms with Crippen molar-refractivity contribution >= 4 is 5.91 Å². The lowest BCUT2D eigenvalue weighted by Gasteiger charge is -2.13. The molecule has 1 aromatic heterocycles. The number of β-amino-alcohol motifs (C(OH)–C–C–N with tert-alkyl or cyclic N) is 1. The third-order valence-electron chi connectivity index (χ3n) is 4.04. The van der Waals surface area contributed by atoms with E-state index in [2.05, 4.69) is 10.2 Å². The van der Waals surface area contributed by atoms with Crippen molar-refractivity contribution < 1.29 is 24.1 Å². The van der Waals surface area contributed by atoms with Gasteiger partial charge in [0, 0.05) is 19.2 Å². The lowest BCUT2D eigenvalue weighted by Crippen LogP contribution is -2.29. The lowest BCUT2D eigenvalue weighted by molar-refractivity contribution is 0.0759. The molecular formula is C16H17N3O5. The first-order valence-electron chi connectivity index (χ1n) is 7.73. The summed E-state index contributed by atoms with van der Waals surface area (Å²) in [6.45, 7) is 1.38. The van der Waals surface area contributed by atoms with Gasteiger partial charge in [-0.3, -0.25) is 9.89 Å². The minimum absolute atomic E-state index is 0.183. The third kappa shape index (κ3) is 2.88. The van der Waals surface area contributed by atoms with E-state index in [1.165, 1.54) is 0 Å². The number of aromatic nitrogens is 2. The molecule has 2 aromatic rings. The summed E-state index contributed by atoms with van der Waals surface area (Å²) in [4.78, 5) is 13.9. The van der Waals surface area contributed by atoms with Crippen LogP contribution < -0.4 is 14.2 Å². The van der Waals surface area contributed by atoms with Gasteiger partial charge in [-0.15, -0.1) is 0 Å². The van der Waals surface area contributed by atoms with E-state index >= 15 is 0 Å². The van der Waals surface area contributed by atoms with Gasteiger partial charge in [-0.1, -0.05) is 0 Å². The van der Waals surface area contributed by atoms with Crippen LogP contribution >= 0.6 is 0 Å². The predicted octanol–water partition coefficient (Wildman–Crippen LogP) is 0.924. The van der Waals surface area contributed by atoms with Gasteiger partial charge in [0.05, 0.1) is 11.8 Å². The van der Waals surface area contributed by atoms with Gasteiger partial charge in [-0.25, -0.2) is 0 Å². The molecule has 1 atom stereocenters. The highest BCUT2D eigenvalue weighted by Gasteiger charge is 2.26. The molecule has 1 saturated heterocycles. The quantitative estimate of drug-likeness (QED) is 0.865. The Morgan fingerprint density at radius 2 is 2.25 bits per heavy atom. The molecule has 2 aliphatic rings. The first kappa shape index (κ1) is 14.8. The highest BCUT2D eigenvalue weighted by molar-refractivity contribution is 5.92. The van der Waals surface area contributed by atoms with E-state index in [9.17, 15) is 9.90 Å². The van der Waals surface area contributed by atoms with E-state index in [0.29, 0.717) is 48.1 Å². The van der Waals surface area contributed by atoms with Crippen LogP contribution in [-0.4, -0.2) is 52.1 Å². The maximum atomic E-state index is 12.3. The molecule has 0 spiro atoms. The van der Waals surface area contributed by atoms with E-state index in [0.717, 1.165) is 0 Å². The number of aliphatic hydroxyl groups is 1. The fourth-order valence-electron chi connectivity index (χ4n) is 2.76. The number of amides is 1. The summed E-state index contributed by atoms with van der Waals surface area (Å²) >= 11 is 0. The summed E-state index contributed by atoms with van der Waals surface area (Å²) in [6, 6.07) is 7.01. The van der Waals surface area contributed by atoms with Crippen molar-refractivity contribution in [2.45, 2.75) is 19.1 Å². The number of ether oxygens (including phenoxy) is 3. The number of carbonyl (C=O) groups excluding carboxylic acids is 1. The molecule has 0 aliphatic carbocycles. The molecule has 3 heterocycles. The van der Waals surface area contributed by atoms with Crippen molar-refractivity contribution in [2.24, 2.45) is 0 Å². The topological polar surface area (TPSA) is 96.9 Å². The SMILES string of the molecule is O=C(c1cc(COc2ccc3c(c2)OCO3)[nH]n1)N1CC[C@H](O)C1. The molecule has 8 heteroatoms. The number of hydrogen-bond acceptors (Lipinski definition) is 6. The molecule has 0 bridgehead atoms. The van der Waals surface area contributed by atoms with Crippen LogP contribution in [0.3, 0.4) is 0 Å². The van der Waals surface area contributed by atoms with Gasteiger partial charge < -0.3 is 24.2 Å². The van der Waals surface area contributed by atoms with Crippen molar-refractivity contribution in [3.63, 3.8) is 0 Å². The molecule has 8 nitrogen and oxygen atoms in total. The molecule has 0 radical (unpaired) electrons. The monoisotopic (exact) mass is 331 g/mol. The Kier molecular flexibility index (Phi) is 3.73. The van der Waals surface area contributed by atoms with E-state index in [1.54, 1.807) is 29.2 Å². The Hall–Kier alpha value is -2.74. The second-order valence-electron chi connectivity index (χ2n) is 5.78. The minimum Gasteiger partial charge on any atom is -0.487 e. The summed E-state index contributed by atoms with van der Waals surface area (Å²) in [6.07, 6.45) is 0.165. The number of hydrogen-bond donors (Lipinski definition) is 2. The molecule has 1 fully saturated rings. The fraction of sp³-hybridized carbons (Fsp3) is 0.375. The maximum absolute atomic E-state index is 12.3. The Bertz CT molecular complexity index is 760. The Morgan fingerprint density at radius 1 is 1.38 bits per heavy atom. The molecule has 0 saturated carbocycles. The van der Waals surface area contributed by atoms with E-state index in [1.807, 2.05) is 0 Å². The normalized spacial score (nSPS) is 18.9. The Morgan fingerprint density at radius 3 is 3.08 bits per heavy atom. The molecule has 24 heavy (non-hydrogen) atoms. The number of benzene rings is 1. The number of likely N-dealkylation sites (tertiary alicyclic amines) is 1. The summed E-state index contributed by atoms with van der Waals surface area (Å²) in [5.74, 6) is 1.81. The lowest BCUT2D eigenvalue weighted by atomic mass is 10.3. The minimum atomic E-state index is -0.443. The van der Waals surface area contributed by atoms with Crippen LogP contribution in [0.5, 0.6) is 17.2 Å². The van der Waals surface area contributed by atoms with Crippen molar-refractivity contribution in [3.05, 3.63) is 35.7 Å². The molecule has 2 aliphatic heterocycles. The fourth-order valence-corrected chi connectivity index (χ4v) is 2.76. The molecule has 1 amide bonds. The first-order chi connectivity index (χ1) is 11.7. The van der Waals surface area contributed by atoms with Gasteiger partial charge >= 0.3 is 0 Å². The number of nitrogens with zero attached hydrogens (tertiary/aromatic N) is 2. The maximum Gasteiger partial charge on any atom is 0.274 e. The second-order valence-corrected chi connectivity index (χ2v) is 5.78. The average molecular weight is 331 g/mol. The van der Waals surface area contributed by atoms with Crippen LogP contribution in [0.25, 0.3) is 0 Å². The number of fused-ring (bicyclic) bond motifs is 1. The van der Waals surface area contributed by atoms with Crippen LogP contribution in [0.4, 0.5) is 0 Å². The first-order valence-corrected chi connectivity index (χ1v) is 7.73. The largest absolute Gasteiger partial charge is 0.487 e. The highest BCUT2D eigenvalue weighted by atomic mass is 16.7. The summed E-state index contributed by atoms with van der Waals surface area (Å²) < 4.78 is 16.2. The van der Waals surface area contributed by atoms with Gasteiger partial charge in [-0.2, -0.15) is 5.10 Å². The smallest absolute Gasteiger partial charge is 0.274 e. The van der Waals surface area contributed by atoms with Crippen LogP contribution in [0.1, 0.15) is 22.6 Å². The standard InChI is InChI=1S/C16H17N3O5/c20-11-3-4-19(7-11)16(21)13-5-10(17-18-13)8-22-12-1-2-14-15(6-12)24-9-23-14/h1-2,5-6,11,20H,3-4,7-9H2,(H,17,18)/t11-/m0/s1. The second kappa shape index (κ2) is 6.04. The highest BCUT2D eigenvalue weighted by Crippen LogP contribution is 2.35. The summed E-state index contributed by atoms with van der Waals surface area (Å²) in [5.41, 5.74) is 1.02. The molecule has 4 rings (SSSR count). The summed E-state index contributed by atoms with van der Waals surface area (Å²) in [5, 5.41) is 16.4. The summed E-state index contributed by atoms with van der Waals surface area (Å²) in [7, 11) is 0. The molecule has 0 unspecified atom stereocenters. The number of rotatable bonds is 4. The van der Waals surface area contributed by atoms with Crippen LogP contribution in [0.2, 0.25) is 0 Å². The van der Waals surface area contributed by atoms with Gasteiger partial charge in [-0.05, 0) is 24.6 Å². The number of aromatic amines is 1. The van der Waals surface area contributed by atoms with Gasteiger partial charge in [0.25, 0.3) is 5.91 Å². The Labute approximate surface area is 137 Å². The molecule has 126 valence electrons.